The van der Waals surface area contributed by atoms with Crippen molar-refractivity contribution in [1.29, 1.82) is 0 Å². The van der Waals surface area contributed by atoms with Gasteiger partial charge in [-0.3, -0.25) is 4.79 Å². The summed E-state index contributed by atoms with van der Waals surface area (Å²) in [5.74, 6) is 2.21. The lowest BCUT2D eigenvalue weighted by molar-refractivity contribution is 0.0745. The van der Waals surface area contributed by atoms with E-state index >= 15 is 0 Å². The lowest BCUT2D eigenvalue weighted by Gasteiger charge is -2.35. The smallest absolute Gasteiger partial charge is 0.255 e. The van der Waals surface area contributed by atoms with Crippen LogP contribution in [0.4, 0.5) is 5.82 Å². The first-order chi connectivity index (χ1) is 14.0. The molecular formula is C20H21BrN6O2. The Morgan fingerprint density at radius 1 is 1.07 bits per heavy atom. The molecule has 0 atom stereocenters. The summed E-state index contributed by atoms with van der Waals surface area (Å²) in [6, 6.07) is 9.28. The highest BCUT2D eigenvalue weighted by Crippen LogP contribution is 2.25. The summed E-state index contributed by atoms with van der Waals surface area (Å²) >= 11 is 3.47. The van der Waals surface area contributed by atoms with Crippen molar-refractivity contribution in [3.8, 4) is 11.6 Å². The number of hydrogen-bond acceptors (Lipinski definition) is 6. The molecule has 3 aromatic rings. The number of hydrogen-bond donors (Lipinski definition) is 0. The zero-order valence-electron chi connectivity index (χ0n) is 16.2. The second-order valence-corrected chi connectivity index (χ2v) is 7.62. The van der Waals surface area contributed by atoms with Gasteiger partial charge in [-0.25, -0.2) is 14.6 Å². The van der Waals surface area contributed by atoms with Crippen LogP contribution in [0.25, 0.3) is 5.82 Å². The monoisotopic (exact) mass is 456 g/mol. The third kappa shape index (κ3) is 4.09. The van der Waals surface area contributed by atoms with Gasteiger partial charge in [-0.05, 0) is 47.1 Å². The Bertz CT molecular complexity index is 1030. The summed E-state index contributed by atoms with van der Waals surface area (Å²) in [5, 5.41) is 4.40. The number of amides is 1. The predicted molar refractivity (Wildman–Crippen MR) is 113 cm³/mol. The number of piperazine rings is 1. The minimum atomic E-state index is -0.00850. The van der Waals surface area contributed by atoms with E-state index in [2.05, 4.69) is 35.9 Å². The van der Waals surface area contributed by atoms with Crippen molar-refractivity contribution in [2.24, 2.45) is 0 Å². The SMILES string of the molecule is COc1ccc(Br)c(C(=O)N2CCN(c3cc(-n4ccc(C)n4)ncn3)CC2)c1. The molecule has 0 unspecified atom stereocenters. The number of aromatic nitrogens is 4. The average molecular weight is 457 g/mol. The Hall–Kier alpha value is -2.94. The van der Waals surface area contributed by atoms with E-state index in [0.29, 0.717) is 37.5 Å². The number of ether oxygens (including phenoxy) is 1. The van der Waals surface area contributed by atoms with E-state index in [1.807, 2.05) is 42.3 Å². The molecule has 9 heteroatoms. The van der Waals surface area contributed by atoms with E-state index in [9.17, 15) is 4.79 Å². The predicted octanol–water partition coefficient (Wildman–Crippen LogP) is 2.70. The second-order valence-electron chi connectivity index (χ2n) is 6.76. The van der Waals surface area contributed by atoms with Gasteiger partial charge in [-0.15, -0.1) is 0 Å². The molecule has 0 aliphatic carbocycles. The lowest BCUT2D eigenvalue weighted by atomic mass is 10.1. The van der Waals surface area contributed by atoms with Gasteiger partial charge in [0.1, 0.15) is 17.9 Å². The highest BCUT2D eigenvalue weighted by molar-refractivity contribution is 9.10. The molecule has 150 valence electrons. The van der Waals surface area contributed by atoms with Gasteiger partial charge in [0.2, 0.25) is 0 Å². The van der Waals surface area contributed by atoms with E-state index in [0.717, 1.165) is 21.8 Å². The number of rotatable bonds is 4. The standard InChI is InChI=1S/C20H21BrN6O2/c1-14-5-6-27(24-14)19-12-18(22-13-23-19)25-7-9-26(10-8-25)20(28)16-11-15(29-2)3-4-17(16)21/h3-6,11-13H,7-10H2,1-2H3. The normalized spacial score (nSPS) is 14.2. The maximum absolute atomic E-state index is 13.0. The van der Waals surface area contributed by atoms with Gasteiger partial charge in [-0.1, -0.05) is 0 Å². The van der Waals surface area contributed by atoms with Crippen LogP contribution >= 0.6 is 15.9 Å². The number of benzene rings is 1. The summed E-state index contributed by atoms with van der Waals surface area (Å²) < 4.78 is 7.75. The lowest BCUT2D eigenvalue weighted by Crippen LogP contribution is -2.49. The Kier molecular flexibility index (Phi) is 5.48. The Labute approximate surface area is 177 Å². The molecule has 0 saturated carbocycles. The van der Waals surface area contributed by atoms with Crippen molar-refractivity contribution in [3.05, 3.63) is 58.6 Å². The van der Waals surface area contributed by atoms with Crippen molar-refractivity contribution >= 4 is 27.7 Å². The number of carbonyl (C=O) groups excluding carboxylic acids is 1. The number of nitrogens with zero attached hydrogens (tertiary/aromatic N) is 6. The fraction of sp³-hybridized carbons (Fsp3) is 0.300. The number of methoxy groups -OCH3 is 1. The van der Waals surface area contributed by atoms with E-state index in [4.69, 9.17) is 4.74 Å². The molecule has 0 spiro atoms. The first-order valence-electron chi connectivity index (χ1n) is 9.27. The van der Waals surface area contributed by atoms with Crippen LogP contribution in [0, 0.1) is 6.92 Å². The highest BCUT2D eigenvalue weighted by Gasteiger charge is 2.25. The summed E-state index contributed by atoms with van der Waals surface area (Å²) in [7, 11) is 1.59. The molecule has 0 radical (unpaired) electrons. The molecule has 2 aromatic heterocycles. The van der Waals surface area contributed by atoms with Gasteiger partial charge in [0, 0.05) is 42.9 Å². The molecule has 1 fully saturated rings. The van der Waals surface area contributed by atoms with Crippen molar-refractivity contribution < 1.29 is 9.53 Å². The number of aryl methyl sites for hydroxylation is 1. The molecule has 29 heavy (non-hydrogen) atoms. The van der Waals surface area contributed by atoms with Gasteiger partial charge >= 0.3 is 0 Å². The fourth-order valence-electron chi connectivity index (χ4n) is 3.28. The molecule has 1 aliphatic heterocycles. The quantitative estimate of drug-likeness (QED) is 0.600. The topological polar surface area (TPSA) is 76.4 Å². The third-order valence-electron chi connectivity index (χ3n) is 4.89. The molecule has 8 nitrogen and oxygen atoms in total. The molecule has 1 aliphatic rings. The molecule has 1 aromatic carbocycles. The van der Waals surface area contributed by atoms with Gasteiger partial charge < -0.3 is 14.5 Å². The van der Waals surface area contributed by atoms with E-state index < -0.39 is 0 Å². The largest absolute Gasteiger partial charge is 0.497 e. The number of carbonyl (C=O) groups is 1. The van der Waals surface area contributed by atoms with Crippen molar-refractivity contribution in [2.45, 2.75) is 6.92 Å². The van der Waals surface area contributed by atoms with Gasteiger partial charge in [0.25, 0.3) is 5.91 Å². The van der Waals surface area contributed by atoms with Gasteiger partial charge in [-0.2, -0.15) is 5.10 Å². The Balaban J connectivity index is 1.45. The van der Waals surface area contributed by atoms with Crippen LogP contribution in [0.15, 0.2) is 47.3 Å². The summed E-state index contributed by atoms with van der Waals surface area (Å²) in [4.78, 5) is 25.7. The Morgan fingerprint density at radius 3 is 2.52 bits per heavy atom. The van der Waals surface area contributed by atoms with Crippen molar-refractivity contribution in [1.82, 2.24) is 24.6 Å². The molecule has 4 rings (SSSR count). The van der Waals surface area contributed by atoms with Crippen LogP contribution < -0.4 is 9.64 Å². The van der Waals surface area contributed by atoms with Crippen LogP contribution in [-0.2, 0) is 0 Å². The average Bonchev–Trinajstić information content (AvgIpc) is 3.20. The Morgan fingerprint density at radius 2 is 1.83 bits per heavy atom. The van der Waals surface area contributed by atoms with E-state index in [1.165, 1.54) is 0 Å². The first kappa shape index (κ1) is 19.4. The molecular weight excluding hydrogens is 436 g/mol. The number of halogens is 1. The highest BCUT2D eigenvalue weighted by atomic mass is 79.9. The van der Waals surface area contributed by atoms with Crippen LogP contribution in [0.2, 0.25) is 0 Å². The number of anilines is 1. The summed E-state index contributed by atoms with van der Waals surface area (Å²) in [6.45, 7) is 4.56. The second kappa shape index (κ2) is 8.20. The van der Waals surface area contributed by atoms with Crippen LogP contribution in [0.5, 0.6) is 5.75 Å². The molecule has 3 heterocycles. The van der Waals surface area contributed by atoms with Gasteiger partial charge in [0.15, 0.2) is 5.82 Å². The van der Waals surface area contributed by atoms with E-state index in [1.54, 1.807) is 24.2 Å². The zero-order chi connectivity index (χ0) is 20.4. The van der Waals surface area contributed by atoms with Gasteiger partial charge in [0.05, 0.1) is 18.4 Å². The van der Waals surface area contributed by atoms with E-state index in [-0.39, 0.29) is 5.91 Å². The maximum Gasteiger partial charge on any atom is 0.255 e. The van der Waals surface area contributed by atoms with Crippen molar-refractivity contribution in [3.63, 3.8) is 0 Å². The minimum absolute atomic E-state index is 0.00850. The summed E-state index contributed by atoms with van der Waals surface area (Å²) in [5.41, 5.74) is 1.54. The first-order valence-corrected chi connectivity index (χ1v) is 10.1. The fourth-order valence-corrected chi connectivity index (χ4v) is 3.70. The third-order valence-corrected chi connectivity index (χ3v) is 5.58. The molecule has 1 saturated heterocycles. The van der Waals surface area contributed by atoms with Crippen LogP contribution in [-0.4, -0.2) is 63.8 Å². The van der Waals surface area contributed by atoms with Crippen molar-refractivity contribution in [2.75, 3.05) is 38.2 Å². The van der Waals surface area contributed by atoms with Crippen LogP contribution in [0.1, 0.15) is 16.1 Å². The molecule has 0 bridgehead atoms. The maximum atomic E-state index is 13.0. The molecule has 0 N–H and O–H groups in total. The minimum Gasteiger partial charge on any atom is -0.497 e. The van der Waals surface area contributed by atoms with Crippen LogP contribution in [0.3, 0.4) is 0 Å². The molecule has 1 amide bonds. The summed E-state index contributed by atoms with van der Waals surface area (Å²) in [6.07, 6.45) is 3.43. The zero-order valence-corrected chi connectivity index (χ0v) is 17.8.